The highest BCUT2D eigenvalue weighted by atomic mass is 32.2. The third-order valence-electron chi connectivity index (χ3n) is 3.92. The van der Waals surface area contributed by atoms with Gasteiger partial charge in [-0.2, -0.15) is 18.3 Å². The first-order valence-corrected chi connectivity index (χ1v) is 8.90. The van der Waals surface area contributed by atoms with Crippen molar-refractivity contribution >= 4 is 15.9 Å². The van der Waals surface area contributed by atoms with Crippen LogP contribution in [0.4, 0.5) is 13.2 Å². The fourth-order valence-corrected chi connectivity index (χ4v) is 4.72. The Bertz CT molecular complexity index is 878. The van der Waals surface area contributed by atoms with Crippen molar-refractivity contribution < 1.29 is 26.4 Å². The number of carbonyl (C=O) groups is 1. The van der Waals surface area contributed by atoms with Gasteiger partial charge in [-0.25, -0.2) is 12.7 Å². The smallest absolute Gasteiger partial charge is 0.266 e. The zero-order valence-corrected chi connectivity index (χ0v) is 13.7. The van der Waals surface area contributed by atoms with Gasteiger partial charge in [-0.3, -0.25) is 9.48 Å². The molecule has 1 saturated heterocycles. The van der Waals surface area contributed by atoms with Crippen LogP contribution in [0.25, 0.3) is 0 Å². The molecule has 25 heavy (non-hydrogen) atoms. The summed E-state index contributed by atoms with van der Waals surface area (Å²) in [6.07, 6.45) is -3.35. The number of sulfonamides is 1. The fraction of sp³-hybridized carbons (Fsp3) is 0.333. The molecule has 2 heterocycles. The zero-order valence-electron chi connectivity index (χ0n) is 12.8. The molecular weight excluding hydrogens is 359 g/mol. The van der Waals surface area contributed by atoms with Crippen molar-refractivity contribution in [2.75, 3.05) is 6.54 Å². The fourth-order valence-electron chi connectivity index (χ4n) is 2.83. The lowest BCUT2D eigenvalue weighted by atomic mass is 10.1. The normalized spacial score (nSPS) is 20.0. The molecule has 0 radical (unpaired) electrons. The Morgan fingerprint density at radius 3 is 2.52 bits per heavy atom. The topological polar surface area (TPSA) is 72.3 Å². The number of amides is 1. The van der Waals surface area contributed by atoms with E-state index >= 15 is 0 Å². The molecule has 0 N–H and O–H groups in total. The summed E-state index contributed by atoms with van der Waals surface area (Å²) in [5.74, 6) is -1.000. The molecule has 1 fully saturated rings. The molecule has 134 valence electrons. The second-order valence-corrected chi connectivity index (χ2v) is 7.64. The summed E-state index contributed by atoms with van der Waals surface area (Å²) in [4.78, 5) is 12.5. The Morgan fingerprint density at radius 2 is 1.88 bits per heavy atom. The number of nitrogens with zero attached hydrogens (tertiary/aromatic N) is 3. The number of halogens is 3. The maximum Gasteiger partial charge on any atom is 0.408 e. The number of carbonyl (C=O) groups excluding carboxylic acids is 1. The lowest BCUT2D eigenvalue weighted by Crippen LogP contribution is -2.35. The van der Waals surface area contributed by atoms with Crippen molar-refractivity contribution in [3.8, 4) is 0 Å². The Morgan fingerprint density at radius 1 is 1.20 bits per heavy atom. The van der Waals surface area contributed by atoms with E-state index in [4.69, 9.17) is 0 Å². The van der Waals surface area contributed by atoms with E-state index in [2.05, 4.69) is 5.10 Å². The first-order chi connectivity index (χ1) is 11.7. The quantitative estimate of drug-likeness (QED) is 0.828. The van der Waals surface area contributed by atoms with Crippen molar-refractivity contribution in [2.24, 2.45) is 0 Å². The van der Waals surface area contributed by atoms with Crippen molar-refractivity contribution in [3.05, 3.63) is 53.9 Å². The summed E-state index contributed by atoms with van der Waals surface area (Å²) < 4.78 is 64.2. The molecular formula is C15H14F3N3O3S. The van der Waals surface area contributed by atoms with Crippen LogP contribution in [0.5, 0.6) is 0 Å². The van der Waals surface area contributed by atoms with Gasteiger partial charge >= 0.3 is 6.18 Å². The van der Waals surface area contributed by atoms with E-state index in [9.17, 15) is 26.4 Å². The average molecular weight is 373 g/mol. The van der Waals surface area contributed by atoms with E-state index in [0.29, 0.717) is 14.6 Å². The molecule has 1 atom stereocenters. The number of benzene rings is 1. The number of rotatable bonds is 3. The van der Waals surface area contributed by atoms with Crippen LogP contribution in [0.3, 0.4) is 0 Å². The molecule has 6 nitrogen and oxygen atoms in total. The number of hydrogen-bond donors (Lipinski definition) is 0. The highest BCUT2D eigenvalue weighted by Crippen LogP contribution is 2.36. The monoisotopic (exact) mass is 373 g/mol. The van der Waals surface area contributed by atoms with Gasteiger partial charge in [0.1, 0.15) is 17.5 Å². The molecule has 1 aromatic heterocycles. The van der Waals surface area contributed by atoms with Gasteiger partial charge < -0.3 is 0 Å². The summed E-state index contributed by atoms with van der Waals surface area (Å²) in [5.41, 5.74) is 0.135. The molecule has 10 heteroatoms. The van der Waals surface area contributed by atoms with Crippen molar-refractivity contribution in [3.63, 3.8) is 0 Å². The van der Waals surface area contributed by atoms with Gasteiger partial charge in [0, 0.05) is 12.7 Å². The maximum atomic E-state index is 12.7. The highest BCUT2D eigenvalue weighted by Gasteiger charge is 2.44. The molecule has 1 amide bonds. The van der Waals surface area contributed by atoms with E-state index in [0.717, 1.165) is 12.3 Å². The van der Waals surface area contributed by atoms with Gasteiger partial charge in [0.2, 0.25) is 10.0 Å². The molecule has 1 aliphatic rings. The van der Waals surface area contributed by atoms with Crippen LogP contribution in [0.2, 0.25) is 0 Å². The molecule has 1 aliphatic heterocycles. The largest absolute Gasteiger partial charge is 0.408 e. The summed E-state index contributed by atoms with van der Waals surface area (Å²) in [6.45, 7) is -1.55. The van der Waals surface area contributed by atoms with Crippen molar-refractivity contribution in [1.82, 2.24) is 14.1 Å². The van der Waals surface area contributed by atoms with E-state index in [1.807, 2.05) is 0 Å². The molecule has 0 spiro atoms. The Hall–Kier alpha value is -2.36. The van der Waals surface area contributed by atoms with E-state index in [1.54, 1.807) is 30.3 Å². The minimum Gasteiger partial charge on any atom is -0.266 e. The van der Waals surface area contributed by atoms with Crippen LogP contribution in [0.15, 0.2) is 42.6 Å². The molecule has 0 bridgehead atoms. The van der Waals surface area contributed by atoms with Crippen LogP contribution < -0.4 is 0 Å². The summed E-state index contributed by atoms with van der Waals surface area (Å²) >= 11 is 0. The Labute approximate surface area is 141 Å². The summed E-state index contributed by atoms with van der Waals surface area (Å²) in [6, 6.07) is 9.48. The van der Waals surface area contributed by atoms with E-state index < -0.39 is 39.6 Å². The van der Waals surface area contributed by atoms with Crippen LogP contribution in [-0.4, -0.2) is 41.1 Å². The van der Waals surface area contributed by atoms with Gasteiger partial charge in [0.05, 0.1) is 0 Å². The first-order valence-electron chi connectivity index (χ1n) is 7.39. The third kappa shape index (κ3) is 3.39. The third-order valence-corrected chi connectivity index (χ3v) is 6.11. The van der Waals surface area contributed by atoms with Crippen LogP contribution in [0.1, 0.15) is 27.7 Å². The predicted molar refractivity (Wildman–Crippen MR) is 82.0 cm³/mol. The second-order valence-electron chi connectivity index (χ2n) is 5.60. The number of alkyl halides is 3. The van der Waals surface area contributed by atoms with Crippen LogP contribution >= 0.6 is 0 Å². The average Bonchev–Trinajstić information content (AvgIpc) is 3.09. The SMILES string of the molecule is O=C(c1ccnn1CC(F)(F)F)N1CCC(c2ccccc2)S1(=O)=O. The summed E-state index contributed by atoms with van der Waals surface area (Å²) in [5, 5.41) is 2.58. The predicted octanol–water partition coefficient (Wildman–Crippen LogP) is 2.36. The van der Waals surface area contributed by atoms with Gasteiger partial charge in [0.25, 0.3) is 5.91 Å². The Balaban J connectivity index is 1.89. The van der Waals surface area contributed by atoms with Crippen molar-refractivity contribution in [2.45, 2.75) is 24.4 Å². The van der Waals surface area contributed by atoms with Crippen LogP contribution in [-0.2, 0) is 16.6 Å². The number of aromatic nitrogens is 2. The Kier molecular flexibility index (Phi) is 4.31. The van der Waals surface area contributed by atoms with Gasteiger partial charge in [-0.1, -0.05) is 30.3 Å². The van der Waals surface area contributed by atoms with Gasteiger partial charge in [-0.05, 0) is 18.1 Å². The van der Waals surface area contributed by atoms with Crippen molar-refractivity contribution in [1.29, 1.82) is 0 Å². The molecule has 1 aromatic carbocycles. The molecule has 3 rings (SSSR count). The van der Waals surface area contributed by atoms with Gasteiger partial charge in [-0.15, -0.1) is 0 Å². The van der Waals surface area contributed by atoms with Gasteiger partial charge in [0.15, 0.2) is 0 Å². The lowest BCUT2D eigenvalue weighted by molar-refractivity contribution is -0.142. The molecule has 1 unspecified atom stereocenters. The zero-order chi connectivity index (χ0) is 18.2. The lowest BCUT2D eigenvalue weighted by Gasteiger charge is -2.18. The minimum atomic E-state index is -4.57. The van der Waals surface area contributed by atoms with E-state index in [1.165, 1.54) is 0 Å². The number of hydrogen-bond acceptors (Lipinski definition) is 4. The first kappa shape index (κ1) is 17.5. The molecule has 2 aromatic rings. The van der Waals surface area contributed by atoms with E-state index in [-0.39, 0.29) is 13.0 Å². The minimum absolute atomic E-state index is 0.0854. The highest BCUT2D eigenvalue weighted by molar-refractivity contribution is 7.90. The maximum absolute atomic E-state index is 12.7. The summed E-state index contributed by atoms with van der Waals surface area (Å²) in [7, 11) is -4.01. The van der Waals surface area contributed by atoms with Crippen LogP contribution in [0, 0.1) is 0 Å². The molecule has 0 aliphatic carbocycles. The standard InChI is InChI=1S/C15H14F3N3O3S/c16-15(17,18)10-20-12(6-8-19-20)14(22)21-9-7-13(25(21,23)24)11-4-2-1-3-5-11/h1-6,8,13H,7,9-10H2. The second kappa shape index (κ2) is 6.17. The molecule has 0 saturated carbocycles.